The third-order valence-electron chi connectivity index (χ3n) is 5.48. The van der Waals surface area contributed by atoms with Crippen LogP contribution in [-0.4, -0.2) is 61.6 Å². The molecule has 0 aliphatic carbocycles. The number of H-pyrrole nitrogens is 1. The number of para-hydroxylation sites is 1. The molecule has 10 nitrogen and oxygen atoms in total. The lowest BCUT2D eigenvalue weighted by atomic mass is 10.1. The molecule has 0 saturated heterocycles. The number of fused-ring (bicyclic) bond motifs is 1. The van der Waals surface area contributed by atoms with E-state index in [-0.39, 0.29) is 5.91 Å². The van der Waals surface area contributed by atoms with Crippen LogP contribution >= 0.6 is 0 Å². The molecule has 0 radical (unpaired) electrons. The smallest absolute Gasteiger partial charge is 0.253 e. The Labute approximate surface area is 204 Å². The standard InChI is InChI=1S/C24H27N7O3S/c1-30(2)23(32)16-9-11-18(12-10-16)27-24-28-21-19(13-14-25-21)22(29-24)26-15-17-7-5-6-8-20(17)31(3)35(4,33)34/h5-14H,15H2,1-4H3,(H3,25,26,27,28,29). The van der Waals surface area contributed by atoms with E-state index in [4.69, 9.17) is 0 Å². The molecule has 0 spiro atoms. The van der Waals surface area contributed by atoms with Crippen LogP contribution in [0.5, 0.6) is 0 Å². The second-order valence-corrected chi connectivity index (χ2v) is 10.3. The largest absolute Gasteiger partial charge is 0.365 e. The van der Waals surface area contributed by atoms with Gasteiger partial charge in [0.2, 0.25) is 16.0 Å². The van der Waals surface area contributed by atoms with Crippen LogP contribution in [0, 0.1) is 0 Å². The lowest BCUT2D eigenvalue weighted by Gasteiger charge is -2.20. The molecular weight excluding hydrogens is 466 g/mol. The van der Waals surface area contributed by atoms with E-state index >= 15 is 0 Å². The number of aromatic amines is 1. The molecule has 0 unspecified atom stereocenters. The molecule has 182 valence electrons. The van der Waals surface area contributed by atoms with Crippen molar-refractivity contribution in [2.45, 2.75) is 6.54 Å². The summed E-state index contributed by atoms with van der Waals surface area (Å²) >= 11 is 0. The molecule has 2 aromatic heterocycles. The highest BCUT2D eigenvalue weighted by atomic mass is 32.2. The first-order valence-electron chi connectivity index (χ1n) is 10.8. The van der Waals surface area contributed by atoms with E-state index < -0.39 is 10.0 Å². The molecule has 0 atom stereocenters. The fourth-order valence-corrected chi connectivity index (χ4v) is 4.08. The van der Waals surface area contributed by atoms with Gasteiger partial charge in [-0.1, -0.05) is 18.2 Å². The summed E-state index contributed by atoms with van der Waals surface area (Å²) in [6.45, 7) is 0.355. The SMILES string of the molecule is CN(C)C(=O)c1ccc(Nc2nc(NCc3ccccc3N(C)S(C)(=O)=O)c3cc[nH]c3n2)cc1. The molecule has 0 fully saturated rings. The molecule has 4 rings (SSSR count). The Morgan fingerprint density at radius 1 is 1.00 bits per heavy atom. The summed E-state index contributed by atoms with van der Waals surface area (Å²) in [5.74, 6) is 0.888. The van der Waals surface area contributed by atoms with Gasteiger partial charge in [0.15, 0.2) is 0 Å². The van der Waals surface area contributed by atoms with Gasteiger partial charge in [0.1, 0.15) is 11.5 Å². The van der Waals surface area contributed by atoms with Gasteiger partial charge >= 0.3 is 0 Å². The first kappa shape index (κ1) is 24.0. The van der Waals surface area contributed by atoms with Crippen molar-refractivity contribution < 1.29 is 13.2 Å². The van der Waals surface area contributed by atoms with E-state index in [2.05, 4.69) is 25.6 Å². The van der Waals surface area contributed by atoms with E-state index in [0.29, 0.717) is 35.2 Å². The number of anilines is 4. The summed E-state index contributed by atoms with van der Waals surface area (Å²) in [5, 5.41) is 7.29. The minimum atomic E-state index is -3.40. The Bertz CT molecular complexity index is 1460. The zero-order chi connectivity index (χ0) is 25.2. The fraction of sp³-hybridized carbons (Fsp3) is 0.208. The molecule has 0 bridgehead atoms. The van der Waals surface area contributed by atoms with Crippen LogP contribution in [0.25, 0.3) is 11.0 Å². The maximum atomic E-state index is 12.1. The number of hydrogen-bond donors (Lipinski definition) is 3. The Morgan fingerprint density at radius 2 is 1.71 bits per heavy atom. The summed E-state index contributed by atoms with van der Waals surface area (Å²) in [6.07, 6.45) is 2.95. The van der Waals surface area contributed by atoms with Crippen LogP contribution in [0.4, 0.5) is 23.1 Å². The number of amides is 1. The maximum Gasteiger partial charge on any atom is 0.253 e. The van der Waals surface area contributed by atoms with E-state index in [9.17, 15) is 13.2 Å². The molecule has 2 aromatic carbocycles. The van der Waals surface area contributed by atoms with E-state index in [0.717, 1.165) is 16.6 Å². The third kappa shape index (κ3) is 5.35. The molecular formula is C24H27N7O3S. The van der Waals surface area contributed by atoms with Crippen molar-refractivity contribution in [3.63, 3.8) is 0 Å². The molecule has 0 saturated carbocycles. The number of nitrogens with zero attached hydrogens (tertiary/aromatic N) is 4. The molecule has 35 heavy (non-hydrogen) atoms. The highest BCUT2D eigenvalue weighted by Gasteiger charge is 2.16. The maximum absolute atomic E-state index is 12.1. The summed E-state index contributed by atoms with van der Waals surface area (Å²) in [5.41, 5.74) is 3.36. The summed E-state index contributed by atoms with van der Waals surface area (Å²) in [4.78, 5) is 25.9. The number of carbonyl (C=O) groups excluding carboxylic acids is 1. The Morgan fingerprint density at radius 3 is 2.40 bits per heavy atom. The Kier molecular flexibility index (Phi) is 6.61. The average molecular weight is 494 g/mol. The zero-order valence-corrected chi connectivity index (χ0v) is 20.7. The Balaban J connectivity index is 1.58. The topological polar surface area (TPSA) is 123 Å². The molecule has 2 heterocycles. The van der Waals surface area contributed by atoms with Gasteiger partial charge in [0.25, 0.3) is 5.91 Å². The third-order valence-corrected chi connectivity index (χ3v) is 6.68. The van der Waals surface area contributed by atoms with Crippen LogP contribution in [0.3, 0.4) is 0 Å². The van der Waals surface area contributed by atoms with Crippen LogP contribution in [0.15, 0.2) is 60.8 Å². The van der Waals surface area contributed by atoms with Gasteiger partial charge in [-0.15, -0.1) is 0 Å². The zero-order valence-electron chi connectivity index (χ0n) is 19.9. The highest BCUT2D eigenvalue weighted by molar-refractivity contribution is 7.92. The number of carbonyl (C=O) groups is 1. The second-order valence-electron chi connectivity index (χ2n) is 8.25. The molecule has 1 amide bonds. The van der Waals surface area contributed by atoms with Crippen LogP contribution in [0.1, 0.15) is 15.9 Å². The monoisotopic (exact) mass is 493 g/mol. The number of sulfonamides is 1. The number of aromatic nitrogens is 3. The van der Waals surface area contributed by atoms with Crippen molar-refractivity contribution in [1.29, 1.82) is 0 Å². The highest BCUT2D eigenvalue weighted by Crippen LogP contribution is 2.26. The molecule has 0 aliphatic heterocycles. The molecule has 4 aromatic rings. The minimum absolute atomic E-state index is 0.0751. The fourth-order valence-electron chi connectivity index (χ4n) is 3.54. The van der Waals surface area contributed by atoms with Crippen molar-refractivity contribution in [3.05, 3.63) is 71.9 Å². The van der Waals surface area contributed by atoms with Crippen LogP contribution in [-0.2, 0) is 16.6 Å². The van der Waals surface area contributed by atoms with E-state index in [1.54, 1.807) is 56.7 Å². The molecule has 11 heteroatoms. The second kappa shape index (κ2) is 9.63. The van der Waals surface area contributed by atoms with Crippen molar-refractivity contribution >= 4 is 50.1 Å². The summed E-state index contributed by atoms with van der Waals surface area (Å²) in [7, 11) is 1.55. The van der Waals surface area contributed by atoms with Gasteiger partial charge in [0, 0.05) is 45.1 Å². The number of hydrogen-bond acceptors (Lipinski definition) is 7. The summed E-state index contributed by atoms with van der Waals surface area (Å²) in [6, 6.07) is 16.2. The van der Waals surface area contributed by atoms with Crippen molar-refractivity contribution in [2.24, 2.45) is 0 Å². The quantitative estimate of drug-likeness (QED) is 0.344. The number of benzene rings is 2. The van der Waals surface area contributed by atoms with Gasteiger partial charge in [-0.05, 0) is 42.0 Å². The average Bonchev–Trinajstić information content (AvgIpc) is 3.30. The first-order valence-corrected chi connectivity index (χ1v) is 12.7. The predicted octanol–water partition coefficient (Wildman–Crippen LogP) is 3.41. The molecule has 3 N–H and O–H groups in total. The van der Waals surface area contributed by atoms with Gasteiger partial charge in [-0.2, -0.15) is 9.97 Å². The number of rotatable bonds is 8. The van der Waals surface area contributed by atoms with Gasteiger partial charge < -0.3 is 20.5 Å². The lowest BCUT2D eigenvalue weighted by molar-refractivity contribution is 0.0827. The van der Waals surface area contributed by atoms with Gasteiger partial charge in [0.05, 0.1) is 17.3 Å². The van der Waals surface area contributed by atoms with Gasteiger partial charge in [-0.25, -0.2) is 8.42 Å². The van der Waals surface area contributed by atoms with Crippen molar-refractivity contribution in [3.8, 4) is 0 Å². The predicted molar refractivity (Wildman–Crippen MR) is 139 cm³/mol. The number of nitrogens with one attached hydrogen (secondary N) is 3. The summed E-state index contributed by atoms with van der Waals surface area (Å²) < 4.78 is 25.4. The lowest BCUT2D eigenvalue weighted by Crippen LogP contribution is -2.26. The van der Waals surface area contributed by atoms with E-state index in [1.165, 1.54) is 22.5 Å². The normalized spacial score (nSPS) is 11.3. The van der Waals surface area contributed by atoms with Crippen molar-refractivity contribution in [2.75, 3.05) is 42.3 Å². The Hall–Kier alpha value is -4.12. The van der Waals surface area contributed by atoms with Crippen molar-refractivity contribution in [1.82, 2.24) is 19.9 Å². The first-order chi connectivity index (χ1) is 16.6. The van der Waals surface area contributed by atoms with E-state index in [1.807, 2.05) is 18.2 Å². The van der Waals surface area contributed by atoms with Crippen LogP contribution < -0.4 is 14.9 Å². The van der Waals surface area contributed by atoms with Crippen LogP contribution in [0.2, 0.25) is 0 Å². The van der Waals surface area contributed by atoms with Gasteiger partial charge in [-0.3, -0.25) is 9.10 Å². The molecule has 0 aliphatic rings. The minimum Gasteiger partial charge on any atom is -0.365 e.